The van der Waals surface area contributed by atoms with Crippen molar-refractivity contribution in [2.45, 2.75) is 33.2 Å². The zero-order valence-electron chi connectivity index (χ0n) is 11.5. The normalized spacial score (nSPS) is 11.9. The van der Waals surface area contributed by atoms with Crippen LogP contribution in [0.15, 0.2) is 18.2 Å². The average molecular weight is 298 g/mol. The molecule has 0 saturated carbocycles. The number of hydrogen-bond acceptors (Lipinski definition) is 2. The first-order valence-corrected chi connectivity index (χ1v) is 6.77. The maximum Gasteiger partial charge on any atom is 0.132 e. The topological polar surface area (TPSA) is 43.8 Å². The second-order valence-electron chi connectivity index (χ2n) is 5.56. The van der Waals surface area contributed by atoms with E-state index in [1.807, 2.05) is 23.6 Å². The summed E-state index contributed by atoms with van der Waals surface area (Å²) in [7, 11) is 0. The van der Waals surface area contributed by atoms with Crippen molar-refractivity contribution >= 4 is 29.0 Å². The largest absolute Gasteiger partial charge is 0.383 e. The van der Waals surface area contributed by atoms with Crippen LogP contribution in [0, 0.1) is 6.92 Å². The predicted molar refractivity (Wildman–Crippen MR) is 81.8 cm³/mol. The summed E-state index contributed by atoms with van der Waals surface area (Å²) in [5, 5.41) is 1.15. The summed E-state index contributed by atoms with van der Waals surface area (Å²) in [5.74, 6) is 1.50. The summed E-state index contributed by atoms with van der Waals surface area (Å²) in [6.07, 6.45) is 0. The molecule has 1 aromatic heterocycles. The molecular formula is C14H17Cl2N3. The van der Waals surface area contributed by atoms with Crippen molar-refractivity contribution in [2.75, 3.05) is 5.73 Å². The van der Waals surface area contributed by atoms with Crippen LogP contribution in [-0.2, 0) is 5.54 Å². The molecule has 3 nitrogen and oxygen atoms in total. The number of imidazole rings is 1. The molecule has 0 radical (unpaired) electrons. The molecule has 0 amide bonds. The monoisotopic (exact) mass is 297 g/mol. The highest BCUT2D eigenvalue weighted by molar-refractivity contribution is 6.35. The van der Waals surface area contributed by atoms with Crippen LogP contribution < -0.4 is 5.73 Å². The first-order chi connectivity index (χ1) is 8.70. The molecule has 0 aliphatic rings. The van der Waals surface area contributed by atoms with Gasteiger partial charge in [0, 0.05) is 21.1 Å². The fraction of sp³-hybridized carbons (Fsp3) is 0.357. The first kappa shape index (κ1) is 14.2. The third-order valence-corrected chi connectivity index (χ3v) is 3.32. The number of nitrogens with zero attached hydrogens (tertiary/aromatic N) is 2. The lowest BCUT2D eigenvalue weighted by Gasteiger charge is -2.24. The maximum absolute atomic E-state index is 6.24. The van der Waals surface area contributed by atoms with Crippen molar-refractivity contribution in [3.05, 3.63) is 34.1 Å². The number of nitrogen functional groups attached to an aromatic ring is 1. The second kappa shape index (κ2) is 4.73. The van der Waals surface area contributed by atoms with Gasteiger partial charge in [-0.1, -0.05) is 23.2 Å². The Labute approximate surface area is 123 Å². The van der Waals surface area contributed by atoms with Gasteiger partial charge < -0.3 is 10.3 Å². The van der Waals surface area contributed by atoms with E-state index in [0.29, 0.717) is 15.9 Å². The Morgan fingerprint density at radius 3 is 2.05 bits per heavy atom. The molecular weight excluding hydrogens is 281 g/mol. The third kappa shape index (κ3) is 2.72. The molecule has 0 saturated heterocycles. The molecule has 1 heterocycles. The molecule has 2 rings (SSSR count). The minimum atomic E-state index is -0.123. The smallest absolute Gasteiger partial charge is 0.132 e. The van der Waals surface area contributed by atoms with E-state index in [1.54, 1.807) is 6.07 Å². The van der Waals surface area contributed by atoms with Gasteiger partial charge in [-0.15, -0.1) is 0 Å². The van der Waals surface area contributed by atoms with Crippen LogP contribution in [0.4, 0.5) is 5.82 Å². The standard InChI is InChI=1S/C14H17Cl2N3/c1-8-18-12(13(17)19(8)14(2,3)4)9-5-10(15)7-11(16)6-9/h5-7H,17H2,1-4H3. The van der Waals surface area contributed by atoms with Gasteiger partial charge in [0.05, 0.1) is 0 Å². The fourth-order valence-electron chi connectivity index (χ4n) is 2.30. The Bertz CT molecular complexity index is 604. The van der Waals surface area contributed by atoms with E-state index in [4.69, 9.17) is 28.9 Å². The van der Waals surface area contributed by atoms with E-state index in [1.165, 1.54) is 0 Å². The van der Waals surface area contributed by atoms with Gasteiger partial charge in [-0.05, 0) is 45.9 Å². The minimum absolute atomic E-state index is 0.123. The molecule has 0 aliphatic heterocycles. The van der Waals surface area contributed by atoms with Gasteiger partial charge in [-0.3, -0.25) is 0 Å². The molecule has 0 aliphatic carbocycles. The highest BCUT2D eigenvalue weighted by Crippen LogP contribution is 2.33. The molecule has 0 spiro atoms. The SMILES string of the molecule is Cc1nc(-c2cc(Cl)cc(Cl)c2)c(N)n1C(C)(C)C. The number of hydrogen-bond donors (Lipinski definition) is 1. The summed E-state index contributed by atoms with van der Waals surface area (Å²) in [6, 6.07) is 5.33. The minimum Gasteiger partial charge on any atom is -0.383 e. The van der Waals surface area contributed by atoms with Gasteiger partial charge in [0.2, 0.25) is 0 Å². The van der Waals surface area contributed by atoms with Crippen LogP contribution >= 0.6 is 23.2 Å². The van der Waals surface area contributed by atoms with Crippen molar-refractivity contribution < 1.29 is 0 Å². The maximum atomic E-state index is 6.24. The zero-order valence-corrected chi connectivity index (χ0v) is 13.0. The van der Waals surface area contributed by atoms with Crippen LogP contribution in [0.5, 0.6) is 0 Å². The van der Waals surface area contributed by atoms with Crippen molar-refractivity contribution in [1.29, 1.82) is 0 Å². The number of anilines is 1. The Kier molecular flexibility index (Phi) is 3.54. The van der Waals surface area contributed by atoms with E-state index < -0.39 is 0 Å². The number of rotatable bonds is 1. The van der Waals surface area contributed by atoms with Gasteiger partial charge in [-0.2, -0.15) is 0 Å². The quantitative estimate of drug-likeness (QED) is 0.842. The van der Waals surface area contributed by atoms with Crippen molar-refractivity contribution in [3.8, 4) is 11.3 Å². The lowest BCUT2D eigenvalue weighted by molar-refractivity contribution is 0.393. The highest BCUT2D eigenvalue weighted by atomic mass is 35.5. The van der Waals surface area contributed by atoms with Crippen molar-refractivity contribution in [2.24, 2.45) is 0 Å². The molecule has 0 bridgehead atoms. The summed E-state index contributed by atoms with van der Waals surface area (Å²) < 4.78 is 2.01. The molecule has 102 valence electrons. The molecule has 0 fully saturated rings. The van der Waals surface area contributed by atoms with Crippen LogP contribution in [-0.4, -0.2) is 9.55 Å². The number of nitrogens with two attached hydrogens (primary N) is 1. The third-order valence-electron chi connectivity index (χ3n) is 2.89. The average Bonchev–Trinajstić information content (AvgIpc) is 2.51. The number of benzene rings is 1. The van der Waals surface area contributed by atoms with E-state index >= 15 is 0 Å². The van der Waals surface area contributed by atoms with Gasteiger partial charge in [-0.25, -0.2) is 4.98 Å². The van der Waals surface area contributed by atoms with Crippen LogP contribution in [0.1, 0.15) is 26.6 Å². The summed E-state index contributed by atoms with van der Waals surface area (Å²) in [5.41, 5.74) is 7.67. The molecule has 0 unspecified atom stereocenters. The van der Waals surface area contributed by atoms with E-state index in [0.717, 1.165) is 17.1 Å². The Hall–Kier alpha value is -1.19. The summed E-state index contributed by atoms with van der Waals surface area (Å²) in [4.78, 5) is 4.55. The Morgan fingerprint density at radius 1 is 1.11 bits per heavy atom. The number of halogens is 2. The predicted octanol–water partition coefficient (Wildman–Crippen LogP) is 4.50. The Balaban J connectivity index is 2.65. The Morgan fingerprint density at radius 2 is 1.63 bits per heavy atom. The first-order valence-electron chi connectivity index (χ1n) is 6.02. The van der Waals surface area contributed by atoms with Gasteiger partial charge in [0.1, 0.15) is 17.3 Å². The van der Waals surface area contributed by atoms with Gasteiger partial charge >= 0.3 is 0 Å². The summed E-state index contributed by atoms with van der Waals surface area (Å²) in [6.45, 7) is 8.21. The van der Waals surface area contributed by atoms with Crippen molar-refractivity contribution in [1.82, 2.24) is 9.55 Å². The second-order valence-corrected chi connectivity index (χ2v) is 6.43. The van der Waals surface area contributed by atoms with Gasteiger partial charge in [0.15, 0.2) is 0 Å². The fourth-order valence-corrected chi connectivity index (χ4v) is 2.83. The highest BCUT2D eigenvalue weighted by Gasteiger charge is 2.22. The lowest BCUT2D eigenvalue weighted by Crippen LogP contribution is -2.24. The molecule has 19 heavy (non-hydrogen) atoms. The van der Waals surface area contributed by atoms with E-state index in [9.17, 15) is 0 Å². The lowest BCUT2D eigenvalue weighted by atomic mass is 10.1. The molecule has 5 heteroatoms. The molecule has 1 aromatic carbocycles. The molecule has 2 aromatic rings. The number of aromatic nitrogens is 2. The zero-order chi connectivity index (χ0) is 14.4. The summed E-state index contributed by atoms with van der Waals surface area (Å²) >= 11 is 12.1. The van der Waals surface area contributed by atoms with Crippen LogP contribution in [0.25, 0.3) is 11.3 Å². The van der Waals surface area contributed by atoms with Crippen molar-refractivity contribution in [3.63, 3.8) is 0 Å². The van der Waals surface area contributed by atoms with E-state index in [-0.39, 0.29) is 5.54 Å². The van der Waals surface area contributed by atoms with Crippen LogP contribution in [0.3, 0.4) is 0 Å². The van der Waals surface area contributed by atoms with E-state index in [2.05, 4.69) is 25.8 Å². The molecule has 0 atom stereocenters. The van der Waals surface area contributed by atoms with Crippen LogP contribution in [0.2, 0.25) is 10.0 Å². The van der Waals surface area contributed by atoms with Gasteiger partial charge in [0.25, 0.3) is 0 Å². The molecule has 2 N–H and O–H groups in total. The number of aryl methyl sites for hydroxylation is 1.